The topological polar surface area (TPSA) is 18.5 Å². The highest BCUT2D eigenvalue weighted by Crippen LogP contribution is 2.39. The maximum atomic E-state index is 3.48. The van der Waals surface area contributed by atoms with E-state index in [0.717, 1.165) is 5.92 Å². The molecule has 1 aliphatic carbocycles. The highest BCUT2D eigenvalue weighted by Gasteiger charge is 2.36. The molecule has 2 aliphatic rings. The lowest BCUT2D eigenvalue weighted by atomic mass is 9.69. The molecule has 0 aromatic heterocycles. The zero-order valence-electron chi connectivity index (χ0n) is 14.1. The van der Waals surface area contributed by atoms with Crippen molar-refractivity contribution in [1.29, 1.82) is 0 Å². The molecular weight excluding hydrogens is 246 g/mol. The van der Waals surface area contributed by atoms with Crippen LogP contribution in [0.1, 0.15) is 46.5 Å². The molecule has 2 rings (SSSR count). The molecule has 118 valence electrons. The van der Waals surface area contributed by atoms with Gasteiger partial charge in [-0.25, -0.2) is 0 Å². The fourth-order valence-electron chi connectivity index (χ4n) is 4.42. The fourth-order valence-corrected chi connectivity index (χ4v) is 4.42. The molecule has 1 saturated heterocycles. The van der Waals surface area contributed by atoms with Crippen LogP contribution >= 0.6 is 0 Å². The smallest absolute Gasteiger partial charge is 0.0113 e. The second-order valence-corrected chi connectivity index (χ2v) is 7.64. The van der Waals surface area contributed by atoms with Crippen LogP contribution in [0.15, 0.2) is 0 Å². The molecule has 3 nitrogen and oxygen atoms in total. The molecule has 0 bridgehead atoms. The Morgan fingerprint density at radius 3 is 2.45 bits per heavy atom. The minimum atomic E-state index is 0.534. The van der Waals surface area contributed by atoms with Crippen molar-refractivity contribution >= 4 is 0 Å². The summed E-state index contributed by atoms with van der Waals surface area (Å²) in [6.45, 7) is 14.6. The number of nitrogens with zero attached hydrogens (tertiary/aromatic N) is 2. The molecule has 0 spiro atoms. The summed E-state index contributed by atoms with van der Waals surface area (Å²) >= 11 is 0. The first kappa shape index (κ1) is 16.3. The van der Waals surface area contributed by atoms with Crippen molar-refractivity contribution in [3.63, 3.8) is 0 Å². The van der Waals surface area contributed by atoms with Crippen molar-refractivity contribution in [3.05, 3.63) is 0 Å². The summed E-state index contributed by atoms with van der Waals surface area (Å²) in [5.74, 6) is 0.911. The van der Waals surface area contributed by atoms with Gasteiger partial charge in [0.2, 0.25) is 0 Å². The van der Waals surface area contributed by atoms with Crippen LogP contribution in [0.3, 0.4) is 0 Å². The van der Waals surface area contributed by atoms with Gasteiger partial charge in [-0.15, -0.1) is 0 Å². The van der Waals surface area contributed by atoms with Crippen LogP contribution in [-0.4, -0.2) is 62.2 Å². The molecule has 0 aromatic carbocycles. The minimum Gasteiger partial charge on any atom is -0.319 e. The molecule has 1 N–H and O–H groups in total. The van der Waals surface area contributed by atoms with Gasteiger partial charge in [-0.3, -0.25) is 4.90 Å². The van der Waals surface area contributed by atoms with Crippen molar-refractivity contribution in [2.45, 2.75) is 52.5 Å². The van der Waals surface area contributed by atoms with E-state index in [-0.39, 0.29) is 0 Å². The summed E-state index contributed by atoms with van der Waals surface area (Å²) in [5, 5.41) is 3.48. The van der Waals surface area contributed by atoms with Gasteiger partial charge in [0.05, 0.1) is 0 Å². The van der Waals surface area contributed by atoms with E-state index in [1.807, 2.05) is 0 Å². The standard InChI is InChI=1S/C17H35N3/c1-15(2)20-10-8-19(9-11-20)14-17(13-18-4)7-5-6-16(3)12-17/h15-16,18H,5-14H2,1-4H3. The molecule has 1 heterocycles. The van der Waals surface area contributed by atoms with Crippen LogP contribution < -0.4 is 5.32 Å². The SMILES string of the molecule is CNCC1(CN2CCN(C(C)C)CC2)CCCC(C)C1. The highest BCUT2D eigenvalue weighted by atomic mass is 15.3. The van der Waals surface area contributed by atoms with E-state index in [2.05, 4.69) is 42.9 Å². The monoisotopic (exact) mass is 281 g/mol. The number of nitrogens with one attached hydrogen (secondary N) is 1. The predicted octanol–water partition coefficient (Wildman–Crippen LogP) is 2.43. The van der Waals surface area contributed by atoms with Crippen molar-refractivity contribution in [2.24, 2.45) is 11.3 Å². The van der Waals surface area contributed by atoms with Gasteiger partial charge in [-0.1, -0.05) is 19.8 Å². The second kappa shape index (κ2) is 7.24. The Bertz CT molecular complexity index is 280. The minimum absolute atomic E-state index is 0.534. The van der Waals surface area contributed by atoms with Crippen molar-refractivity contribution in [1.82, 2.24) is 15.1 Å². The van der Waals surface area contributed by atoms with E-state index in [4.69, 9.17) is 0 Å². The number of rotatable bonds is 5. The van der Waals surface area contributed by atoms with Gasteiger partial charge < -0.3 is 10.2 Å². The van der Waals surface area contributed by atoms with Crippen LogP contribution in [0.4, 0.5) is 0 Å². The third-order valence-corrected chi connectivity index (χ3v) is 5.43. The lowest BCUT2D eigenvalue weighted by molar-refractivity contribution is 0.0425. The Morgan fingerprint density at radius 1 is 1.20 bits per heavy atom. The van der Waals surface area contributed by atoms with E-state index < -0.39 is 0 Å². The second-order valence-electron chi connectivity index (χ2n) is 7.64. The van der Waals surface area contributed by atoms with Gasteiger partial charge >= 0.3 is 0 Å². The van der Waals surface area contributed by atoms with Crippen molar-refractivity contribution < 1.29 is 0 Å². The molecule has 3 heteroatoms. The molecule has 2 fully saturated rings. The Hall–Kier alpha value is -0.120. The van der Waals surface area contributed by atoms with E-state index in [1.165, 1.54) is 65.0 Å². The van der Waals surface area contributed by atoms with E-state index in [1.54, 1.807) is 0 Å². The summed E-state index contributed by atoms with van der Waals surface area (Å²) in [4.78, 5) is 5.35. The highest BCUT2D eigenvalue weighted by molar-refractivity contribution is 4.90. The fraction of sp³-hybridized carbons (Fsp3) is 1.00. The van der Waals surface area contributed by atoms with Gasteiger partial charge in [0, 0.05) is 45.3 Å². The molecule has 0 aromatic rings. The molecule has 0 radical (unpaired) electrons. The maximum Gasteiger partial charge on any atom is 0.0113 e. The average Bonchev–Trinajstić information content (AvgIpc) is 2.39. The molecule has 20 heavy (non-hydrogen) atoms. The van der Waals surface area contributed by atoms with Gasteiger partial charge in [-0.2, -0.15) is 0 Å². The first-order valence-corrected chi connectivity index (χ1v) is 8.66. The first-order chi connectivity index (χ1) is 9.54. The summed E-state index contributed by atoms with van der Waals surface area (Å²) in [5.41, 5.74) is 0.534. The van der Waals surface area contributed by atoms with Crippen LogP contribution in [0.5, 0.6) is 0 Å². The predicted molar refractivity (Wildman–Crippen MR) is 87.1 cm³/mol. The van der Waals surface area contributed by atoms with E-state index >= 15 is 0 Å². The van der Waals surface area contributed by atoms with Crippen molar-refractivity contribution in [2.75, 3.05) is 46.3 Å². The summed E-state index contributed by atoms with van der Waals surface area (Å²) < 4.78 is 0. The third-order valence-electron chi connectivity index (χ3n) is 5.43. The molecule has 0 amide bonds. The average molecular weight is 281 g/mol. The van der Waals surface area contributed by atoms with E-state index in [0.29, 0.717) is 11.5 Å². The molecule has 1 aliphatic heterocycles. The lowest BCUT2D eigenvalue weighted by Crippen LogP contribution is -2.53. The number of hydrogen-bond donors (Lipinski definition) is 1. The van der Waals surface area contributed by atoms with E-state index in [9.17, 15) is 0 Å². The van der Waals surface area contributed by atoms with Crippen LogP contribution in [0, 0.1) is 11.3 Å². The number of piperazine rings is 1. The summed E-state index contributed by atoms with van der Waals surface area (Å²) in [6.07, 6.45) is 5.70. The summed E-state index contributed by atoms with van der Waals surface area (Å²) in [7, 11) is 2.12. The lowest BCUT2D eigenvalue weighted by Gasteiger charge is -2.46. The largest absolute Gasteiger partial charge is 0.319 e. The Labute approximate surface area is 126 Å². The van der Waals surface area contributed by atoms with Crippen LogP contribution in [0.2, 0.25) is 0 Å². The molecule has 2 unspecified atom stereocenters. The third kappa shape index (κ3) is 4.19. The Morgan fingerprint density at radius 2 is 1.90 bits per heavy atom. The zero-order chi connectivity index (χ0) is 14.6. The first-order valence-electron chi connectivity index (χ1n) is 8.66. The van der Waals surface area contributed by atoms with Gasteiger partial charge in [-0.05, 0) is 45.1 Å². The maximum absolute atomic E-state index is 3.48. The van der Waals surface area contributed by atoms with Crippen LogP contribution in [-0.2, 0) is 0 Å². The normalized spacial score (nSPS) is 33.8. The van der Waals surface area contributed by atoms with Gasteiger partial charge in [0.1, 0.15) is 0 Å². The quantitative estimate of drug-likeness (QED) is 0.835. The van der Waals surface area contributed by atoms with Gasteiger partial charge in [0.15, 0.2) is 0 Å². The van der Waals surface area contributed by atoms with Gasteiger partial charge in [0.25, 0.3) is 0 Å². The Balaban J connectivity index is 1.89. The molecule has 2 atom stereocenters. The van der Waals surface area contributed by atoms with Crippen LogP contribution in [0.25, 0.3) is 0 Å². The summed E-state index contributed by atoms with van der Waals surface area (Å²) in [6, 6.07) is 0.707. The van der Waals surface area contributed by atoms with Crippen molar-refractivity contribution in [3.8, 4) is 0 Å². The number of hydrogen-bond acceptors (Lipinski definition) is 3. The molecule has 1 saturated carbocycles. The Kier molecular flexibility index (Phi) is 5.88. The molecular formula is C17H35N3. The zero-order valence-corrected chi connectivity index (χ0v) is 14.1.